The van der Waals surface area contributed by atoms with Crippen molar-refractivity contribution in [1.82, 2.24) is 35.1 Å². The van der Waals surface area contributed by atoms with Crippen molar-refractivity contribution >= 4 is 0 Å². The zero-order valence-electron chi connectivity index (χ0n) is 8.38. The molecular formula is C8H11N7. The van der Waals surface area contributed by atoms with Crippen LogP contribution in [0.25, 0.3) is 5.95 Å². The van der Waals surface area contributed by atoms with Gasteiger partial charge >= 0.3 is 0 Å². The minimum Gasteiger partial charge on any atom is -0.308 e. The lowest BCUT2D eigenvalue weighted by Crippen LogP contribution is -2.29. The molecule has 1 aliphatic heterocycles. The molecule has 0 saturated carbocycles. The molecule has 0 spiro atoms. The summed E-state index contributed by atoms with van der Waals surface area (Å²) in [4.78, 5) is 1.52. The SMILES string of the molecule is Cc1cnn(-c2nnc3n2CCNC3)n1. The summed E-state index contributed by atoms with van der Waals surface area (Å²) in [6.45, 7) is 4.45. The smallest absolute Gasteiger partial charge is 0.269 e. The normalized spacial score (nSPS) is 15.3. The lowest BCUT2D eigenvalue weighted by atomic mass is 10.4. The molecule has 3 rings (SSSR count). The summed E-state index contributed by atoms with van der Waals surface area (Å²) >= 11 is 0. The number of nitrogens with zero attached hydrogens (tertiary/aromatic N) is 6. The molecule has 0 atom stereocenters. The van der Waals surface area contributed by atoms with E-state index in [0.717, 1.165) is 31.2 Å². The Balaban J connectivity index is 2.08. The fourth-order valence-corrected chi connectivity index (χ4v) is 1.66. The predicted molar refractivity (Wildman–Crippen MR) is 51.4 cm³/mol. The minimum atomic E-state index is 0.694. The van der Waals surface area contributed by atoms with Crippen molar-refractivity contribution in [3.8, 4) is 5.95 Å². The van der Waals surface area contributed by atoms with E-state index in [-0.39, 0.29) is 0 Å². The maximum Gasteiger partial charge on any atom is 0.269 e. The average Bonchev–Trinajstić information content (AvgIpc) is 2.83. The number of rotatable bonds is 1. The molecule has 0 unspecified atom stereocenters. The summed E-state index contributed by atoms with van der Waals surface area (Å²) in [5, 5.41) is 19.8. The fraction of sp³-hybridized carbons (Fsp3) is 0.500. The van der Waals surface area contributed by atoms with Crippen LogP contribution in [0.15, 0.2) is 6.20 Å². The second-order valence-electron chi connectivity index (χ2n) is 3.52. The first kappa shape index (κ1) is 8.54. The van der Waals surface area contributed by atoms with Crippen molar-refractivity contribution in [1.29, 1.82) is 0 Å². The third kappa shape index (κ3) is 1.32. The van der Waals surface area contributed by atoms with Crippen molar-refractivity contribution in [3.05, 3.63) is 17.7 Å². The van der Waals surface area contributed by atoms with Crippen LogP contribution in [0.2, 0.25) is 0 Å². The van der Waals surface area contributed by atoms with E-state index in [1.54, 1.807) is 6.20 Å². The van der Waals surface area contributed by atoms with E-state index in [2.05, 4.69) is 25.7 Å². The zero-order valence-corrected chi connectivity index (χ0v) is 8.38. The second-order valence-corrected chi connectivity index (χ2v) is 3.52. The molecule has 0 aliphatic carbocycles. The highest BCUT2D eigenvalue weighted by Gasteiger charge is 2.17. The summed E-state index contributed by atoms with van der Waals surface area (Å²) in [7, 11) is 0. The molecule has 7 heteroatoms. The summed E-state index contributed by atoms with van der Waals surface area (Å²) < 4.78 is 2.04. The topological polar surface area (TPSA) is 73.5 Å². The quantitative estimate of drug-likeness (QED) is 0.664. The van der Waals surface area contributed by atoms with Crippen molar-refractivity contribution in [2.45, 2.75) is 20.0 Å². The van der Waals surface area contributed by atoms with E-state index in [4.69, 9.17) is 0 Å². The van der Waals surface area contributed by atoms with E-state index in [9.17, 15) is 0 Å². The molecule has 0 fully saturated rings. The fourth-order valence-electron chi connectivity index (χ4n) is 1.66. The van der Waals surface area contributed by atoms with Crippen LogP contribution in [-0.4, -0.2) is 36.3 Å². The summed E-state index contributed by atoms with van der Waals surface area (Å²) in [5.74, 6) is 1.63. The van der Waals surface area contributed by atoms with E-state index in [1.807, 2.05) is 11.5 Å². The highest BCUT2D eigenvalue weighted by molar-refractivity contribution is 5.11. The van der Waals surface area contributed by atoms with Gasteiger partial charge in [0, 0.05) is 13.1 Å². The summed E-state index contributed by atoms with van der Waals surface area (Å²) in [5.41, 5.74) is 0.876. The van der Waals surface area contributed by atoms with Gasteiger partial charge in [0.1, 0.15) is 5.82 Å². The van der Waals surface area contributed by atoms with Crippen LogP contribution in [-0.2, 0) is 13.1 Å². The molecule has 0 radical (unpaired) electrons. The Morgan fingerprint density at radius 1 is 1.40 bits per heavy atom. The van der Waals surface area contributed by atoms with Gasteiger partial charge in [-0.05, 0) is 6.92 Å². The van der Waals surface area contributed by atoms with Gasteiger partial charge in [0.2, 0.25) is 0 Å². The molecule has 7 nitrogen and oxygen atoms in total. The maximum absolute atomic E-state index is 4.22. The van der Waals surface area contributed by atoms with E-state index in [0.29, 0.717) is 5.95 Å². The lowest BCUT2D eigenvalue weighted by Gasteiger charge is -2.14. The largest absolute Gasteiger partial charge is 0.308 e. The average molecular weight is 205 g/mol. The first-order valence-electron chi connectivity index (χ1n) is 4.87. The predicted octanol–water partition coefficient (Wildman–Crippen LogP) is -0.730. The third-order valence-corrected chi connectivity index (χ3v) is 2.39. The molecule has 15 heavy (non-hydrogen) atoms. The van der Waals surface area contributed by atoms with Gasteiger partial charge in [-0.25, -0.2) is 0 Å². The minimum absolute atomic E-state index is 0.694. The molecule has 3 heterocycles. The second kappa shape index (κ2) is 3.13. The van der Waals surface area contributed by atoms with Crippen LogP contribution in [0, 0.1) is 6.92 Å². The van der Waals surface area contributed by atoms with Gasteiger partial charge in [0.25, 0.3) is 5.95 Å². The molecule has 1 N–H and O–H groups in total. The molecule has 0 bridgehead atoms. The number of aryl methyl sites for hydroxylation is 1. The highest BCUT2D eigenvalue weighted by Crippen LogP contribution is 2.08. The summed E-state index contributed by atoms with van der Waals surface area (Å²) in [6.07, 6.45) is 1.71. The van der Waals surface area contributed by atoms with Crippen LogP contribution >= 0.6 is 0 Å². The molecule has 2 aromatic rings. The lowest BCUT2D eigenvalue weighted by molar-refractivity contribution is 0.490. The Kier molecular flexibility index (Phi) is 1.78. The van der Waals surface area contributed by atoms with Gasteiger partial charge in [0.15, 0.2) is 0 Å². The van der Waals surface area contributed by atoms with Gasteiger partial charge in [0.05, 0.1) is 18.4 Å². The zero-order chi connectivity index (χ0) is 10.3. The molecule has 0 aromatic carbocycles. The molecule has 1 aliphatic rings. The Hall–Kier alpha value is -1.76. The van der Waals surface area contributed by atoms with Crippen molar-refractivity contribution < 1.29 is 0 Å². The van der Waals surface area contributed by atoms with Crippen LogP contribution < -0.4 is 5.32 Å². The van der Waals surface area contributed by atoms with Crippen molar-refractivity contribution in [3.63, 3.8) is 0 Å². The van der Waals surface area contributed by atoms with Crippen LogP contribution in [0.1, 0.15) is 11.5 Å². The standard InChI is InChI=1S/C8H11N7/c1-6-4-10-15(13-6)8-12-11-7-5-9-2-3-14(7)8/h4,9H,2-3,5H2,1H3. The maximum atomic E-state index is 4.22. The van der Waals surface area contributed by atoms with Gasteiger partial charge in [-0.15, -0.1) is 15.0 Å². The molecule has 0 saturated heterocycles. The van der Waals surface area contributed by atoms with Crippen LogP contribution in [0.5, 0.6) is 0 Å². The number of aromatic nitrogens is 6. The van der Waals surface area contributed by atoms with Gasteiger partial charge in [-0.1, -0.05) is 0 Å². The number of hydrogen-bond acceptors (Lipinski definition) is 5. The van der Waals surface area contributed by atoms with Gasteiger partial charge < -0.3 is 5.32 Å². The molecular weight excluding hydrogens is 194 g/mol. The Labute approximate surface area is 86.1 Å². The van der Waals surface area contributed by atoms with Gasteiger partial charge in [-0.2, -0.15) is 10.2 Å². The molecule has 78 valence electrons. The van der Waals surface area contributed by atoms with Crippen molar-refractivity contribution in [2.75, 3.05) is 6.54 Å². The highest BCUT2D eigenvalue weighted by atomic mass is 15.6. The number of fused-ring (bicyclic) bond motifs is 1. The first-order chi connectivity index (χ1) is 7.34. The van der Waals surface area contributed by atoms with Crippen molar-refractivity contribution in [2.24, 2.45) is 0 Å². The number of nitrogens with one attached hydrogen (secondary N) is 1. The Morgan fingerprint density at radius 3 is 3.13 bits per heavy atom. The Morgan fingerprint density at radius 2 is 2.33 bits per heavy atom. The van der Waals surface area contributed by atoms with Crippen LogP contribution in [0.4, 0.5) is 0 Å². The van der Waals surface area contributed by atoms with E-state index in [1.165, 1.54) is 4.80 Å². The van der Waals surface area contributed by atoms with E-state index < -0.39 is 0 Å². The molecule has 0 amide bonds. The third-order valence-electron chi connectivity index (χ3n) is 2.39. The van der Waals surface area contributed by atoms with Gasteiger partial charge in [-0.3, -0.25) is 4.57 Å². The molecule has 2 aromatic heterocycles. The number of hydrogen-bond donors (Lipinski definition) is 1. The first-order valence-corrected chi connectivity index (χ1v) is 4.87. The Bertz CT molecular complexity index is 483. The monoisotopic (exact) mass is 205 g/mol. The van der Waals surface area contributed by atoms with E-state index >= 15 is 0 Å². The summed E-state index contributed by atoms with van der Waals surface area (Å²) in [6, 6.07) is 0. The van der Waals surface area contributed by atoms with Crippen LogP contribution in [0.3, 0.4) is 0 Å².